The molecule has 1 atom stereocenters. The molecule has 0 bridgehead atoms. The number of hydrogen-bond acceptors (Lipinski definition) is 4. The molecule has 3 rings (SSSR count). The van der Waals surface area contributed by atoms with Crippen molar-refractivity contribution >= 4 is 11.9 Å². The summed E-state index contributed by atoms with van der Waals surface area (Å²) >= 11 is 0. The van der Waals surface area contributed by atoms with E-state index in [9.17, 15) is 9.59 Å². The topological polar surface area (TPSA) is 83.6 Å². The minimum Gasteiger partial charge on any atom is -0.375 e. The van der Waals surface area contributed by atoms with Gasteiger partial charge < -0.3 is 20.3 Å². The summed E-state index contributed by atoms with van der Waals surface area (Å²) in [5.74, 6) is 0.502. The molecule has 2 aliphatic rings. The highest BCUT2D eigenvalue weighted by Gasteiger charge is 2.40. The average Bonchev–Trinajstić information content (AvgIpc) is 2.73. The molecule has 1 spiro atoms. The number of likely N-dealkylation sites (tertiary alicyclic amines) is 1. The molecular weight excluding hydrogens is 356 g/mol. The Labute approximate surface area is 167 Å². The zero-order valence-electron chi connectivity index (χ0n) is 16.8. The molecule has 0 radical (unpaired) electrons. The van der Waals surface area contributed by atoms with Crippen LogP contribution in [0.15, 0.2) is 24.5 Å². The number of aromatic nitrogens is 1. The summed E-state index contributed by atoms with van der Waals surface area (Å²) in [6, 6.07) is 3.50. The highest BCUT2D eigenvalue weighted by atomic mass is 16.5. The summed E-state index contributed by atoms with van der Waals surface area (Å²) in [6.45, 7) is 5.73. The fourth-order valence-corrected chi connectivity index (χ4v) is 4.18. The number of nitrogens with zero attached hydrogens (tertiary/aromatic N) is 2. The number of pyridine rings is 1. The molecule has 0 aliphatic carbocycles. The highest BCUT2D eigenvalue weighted by molar-refractivity contribution is 5.93. The Hall–Kier alpha value is -2.15. The average molecular weight is 389 g/mol. The first-order chi connectivity index (χ1) is 13.6. The largest absolute Gasteiger partial charge is 0.375 e. The number of amides is 3. The first-order valence-electron chi connectivity index (χ1n) is 10.5. The van der Waals surface area contributed by atoms with E-state index >= 15 is 0 Å². The molecule has 1 aromatic heterocycles. The van der Waals surface area contributed by atoms with E-state index in [0.717, 1.165) is 64.8 Å². The standard InChI is InChI=1S/C21H32N4O3/c1-2-9-24-20(27)25-13-7-21(8-14-25)16-17(6-15-28-21)3-12-23-19(26)18-4-10-22-11-5-18/h4-5,10-11,17H,2-3,6-9,12-16H2,1H3,(H,23,26)(H,24,27). The SMILES string of the molecule is CCCNC(=O)N1CCC2(CC1)CC(CCNC(=O)c1ccncc1)CCO2. The van der Waals surface area contributed by atoms with Gasteiger partial charge in [-0.2, -0.15) is 0 Å². The van der Waals surface area contributed by atoms with Gasteiger partial charge in [-0.15, -0.1) is 0 Å². The monoisotopic (exact) mass is 388 g/mol. The van der Waals surface area contributed by atoms with Crippen LogP contribution in [0.5, 0.6) is 0 Å². The smallest absolute Gasteiger partial charge is 0.317 e. The summed E-state index contributed by atoms with van der Waals surface area (Å²) in [4.78, 5) is 30.1. The summed E-state index contributed by atoms with van der Waals surface area (Å²) in [5, 5.41) is 5.97. The molecule has 3 amide bonds. The molecule has 154 valence electrons. The minimum absolute atomic E-state index is 0.0443. The van der Waals surface area contributed by atoms with Crippen molar-refractivity contribution in [1.82, 2.24) is 20.5 Å². The summed E-state index contributed by atoms with van der Waals surface area (Å²) in [6.07, 6.45) is 9.02. The van der Waals surface area contributed by atoms with Crippen molar-refractivity contribution in [2.45, 2.75) is 51.0 Å². The van der Waals surface area contributed by atoms with Gasteiger partial charge in [-0.1, -0.05) is 6.92 Å². The third kappa shape index (κ3) is 5.44. The lowest BCUT2D eigenvalue weighted by Gasteiger charge is -2.46. The van der Waals surface area contributed by atoms with E-state index < -0.39 is 0 Å². The predicted molar refractivity (Wildman–Crippen MR) is 107 cm³/mol. The number of piperidine rings is 1. The van der Waals surface area contributed by atoms with Gasteiger partial charge in [-0.25, -0.2) is 4.79 Å². The third-order valence-corrected chi connectivity index (χ3v) is 5.86. The van der Waals surface area contributed by atoms with Gasteiger partial charge in [0.15, 0.2) is 0 Å². The van der Waals surface area contributed by atoms with Gasteiger partial charge in [0.05, 0.1) is 5.60 Å². The van der Waals surface area contributed by atoms with Crippen LogP contribution in [-0.4, -0.2) is 60.2 Å². The first-order valence-corrected chi connectivity index (χ1v) is 10.5. The van der Waals surface area contributed by atoms with Crippen molar-refractivity contribution in [3.8, 4) is 0 Å². The van der Waals surface area contributed by atoms with Crippen molar-refractivity contribution in [3.63, 3.8) is 0 Å². The fourth-order valence-electron chi connectivity index (χ4n) is 4.18. The molecule has 7 nitrogen and oxygen atoms in total. The Kier molecular flexibility index (Phi) is 7.25. The van der Waals surface area contributed by atoms with Crippen LogP contribution in [0, 0.1) is 5.92 Å². The van der Waals surface area contributed by atoms with Gasteiger partial charge >= 0.3 is 6.03 Å². The Bertz CT molecular complexity index is 644. The number of carbonyl (C=O) groups excluding carboxylic acids is 2. The van der Waals surface area contributed by atoms with Crippen LogP contribution in [-0.2, 0) is 4.74 Å². The first kappa shape index (κ1) is 20.6. The number of ether oxygens (including phenoxy) is 1. The van der Waals surface area contributed by atoms with Crippen LogP contribution in [0.4, 0.5) is 4.79 Å². The highest BCUT2D eigenvalue weighted by Crippen LogP contribution is 2.38. The van der Waals surface area contributed by atoms with E-state index in [1.165, 1.54) is 0 Å². The molecule has 28 heavy (non-hydrogen) atoms. The third-order valence-electron chi connectivity index (χ3n) is 5.86. The van der Waals surface area contributed by atoms with Gasteiger partial charge in [-0.3, -0.25) is 9.78 Å². The predicted octanol–water partition coefficient (Wildman–Crippen LogP) is 2.58. The molecule has 0 saturated carbocycles. The van der Waals surface area contributed by atoms with E-state index in [-0.39, 0.29) is 17.5 Å². The summed E-state index contributed by atoms with van der Waals surface area (Å²) in [7, 11) is 0. The zero-order valence-corrected chi connectivity index (χ0v) is 16.8. The summed E-state index contributed by atoms with van der Waals surface area (Å²) in [5.41, 5.74) is 0.548. The van der Waals surface area contributed by atoms with Crippen LogP contribution < -0.4 is 10.6 Å². The number of rotatable bonds is 6. The molecule has 2 fully saturated rings. The number of urea groups is 1. The molecule has 2 N–H and O–H groups in total. The lowest BCUT2D eigenvalue weighted by atomic mass is 9.78. The van der Waals surface area contributed by atoms with E-state index in [0.29, 0.717) is 18.0 Å². The quantitative estimate of drug-likeness (QED) is 0.785. The van der Waals surface area contributed by atoms with E-state index in [4.69, 9.17) is 4.74 Å². The lowest BCUT2D eigenvalue weighted by molar-refractivity contribution is -0.123. The molecule has 3 heterocycles. The maximum absolute atomic E-state index is 12.1. The van der Waals surface area contributed by atoms with Crippen molar-refractivity contribution in [2.75, 3.05) is 32.8 Å². The second kappa shape index (κ2) is 9.87. The van der Waals surface area contributed by atoms with Gasteiger partial charge in [0.25, 0.3) is 5.91 Å². The second-order valence-electron chi connectivity index (χ2n) is 7.89. The van der Waals surface area contributed by atoms with E-state index in [1.54, 1.807) is 24.5 Å². The van der Waals surface area contributed by atoms with Crippen LogP contribution in [0.1, 0.15) is 55.8 Å². The molecule has 2 aliphatic heterocycles. The van der Waals surface area contributed by atoms with Gasteiger partial charge in [0.1, 0.15) is 0 Å². The van der Waals surface area contributed by atoms with Crippen LogP contribution in [0.3, 0.4) is 0 Å². The number of nitrogens with one attached hydrogen (secondary N) is 2. The van der Waals surface area contributed by atoms with Gasteiger partial charge in [0.2, 0.25) is 0 Å². The Balaban J connectivity index is 1.42. The molecule has 1 unspecified atom stereocenters. The van der Waals surface area contributed by atoms with Crippen LogP contribution >= 0.6 is 0 Å². The molecule has 7 heteroatoms. The molecule has 0 aromatic carbocycles. The van der Waals surface area contributed by atoms with Crippen LogP contribution in [0.2, 0.25) is 0 Å². The zero-order chi connectivity index (χ0) is 19.8. The number of hydrogen-bond donors (Lipinski definition) is 2. The van der Waals surface area contributed by atoms with Crippen molar-refractivity contribution in [1.29, 1.82) is 0 Å². The lowest BCUT2D eigenvalue weighted by Crippen LogP contribution is -2.53. The fraction of sp³-hybridized carbons (Fsp3) is 0.667. The molecular formula is C21H32N4O3. The van der Waals surface area contributed by atoms with Crippen molar-refractivity contribution < 1.29 is 14.3 Å². The molecule has 2 saturated heterocycles. The Morgan fingerprint density at radius 2 is 1.96 bits per heavy atom. The van der Waals surface area contributed by atoms with Crippen molar-refractivity contribution in [3.05, 3.63) is 30.1 Å². The normalized spacial score (nSPS) is 21.3. The van der Waals surface area contributed by atoms with E-state index in [1.807, 2.05) is 4.90 Å². The Morgan fingerprint density at radius 1 is 1.21 bits per heavy atom. The van der Waals surface area contributed by atoms with Gasteiger partial charge in [-0.05, 0) is 56.6 Å². The maximum atomic E-state index is 12.1. The maximum Gasteiger partial charge on any atom is 0.317 e. The molecule has 1 aromatic rings. The summed E-state index contributed by atoms with van der Waals surface area (Å²) < 4.78 is 6.19. The minimum atomic E-state index is -0.0977. The van der Waals surface area contributed by atoms with Crippen molar-refractivity contribution in [2.24, 2.45) is 5.92 Å². The Morgan fingerprint density at radius 3 is 2.68 bits per heavy atom. The second-order valence-corrected chi connectivity index (χ2v) is 7.89. The van der Waals surface area contributed by atoms with Gasteiger partial charge in [0, 0.05) is 50.7 Å². The van der Waals surface area contributed by atoms with E-state index in [2.05, 4.69) is 22.5 Å². The van der Waals surface area contributed by atoms with Crippen LogP contribution in [0.25, 0.3) is 0 Å². The number of carbonyl (C=O) groups is 2.